The zero-order chi connectivity index (χ0) is 16.2. The molecule has 3 rings (SSSR count). The van der Waals surface area contributed by atoms with Crippen LogP contribution < -0.4 is 14.4 Å². The molecule has 1 aliphatic rings. The van der Waals surface area contributed by atoms with E-state index in [2.05, 4.69) is 0 Å². The number of amides is 1. The Morgan fingerprint density at radius 1 is 1.26 bits per heavy atom. The number of hydrogen-bond acceptors (Lipinski definition) is 3. The summed E-state index contributed by atoms with van der Waals surface area (Å²) in [5, 5.41) is 0. The van der Waals surface area contributed by atoms with Crippen LogP contribution in [0.3, 0.4) is 0 Å². The van der Waals surface area contributed by atoms with Gasteiger partial charge in [0.25, 0.3) is 0 Å². The Kier molecular flexibility index (Phi) is 4.51. The van der Waals surface area contributed by atoms with E-state index in [0.29, 0.717) is 19.4 Å². The molecule has 1 unspecified atom stereocenters. The number of hydrogen-bond donors (Lipinski definition) is 0. The molecule has 0 spiro atoms. The summed E-state index contributed by atoms with van der Waals surface area (Å²) in [7, 11) is 1.65. The summed E-state index contributed by atoms with van der Waals surface area (Å²) < 4.78 is 10.9. The molecule has 2 aromatic rings. The standard InChI is InChI=1S/C19H21NO3/c1-14-13-23-18-9-4-3-8-17(18)20(14)19(21)11-10-15-6-5-7-16(12-15)22-2/h3-9,12,14H,10-11,13H2,1-2H3. The number of methoxy groups -OCH3 is 1. The van der Waals surface area contributed by atoms with Gasteiger partial charge in [-0.1, -0.05) is 24.3 Å². The first-order chi connectivity index (χ1) is 11.2. The van der Waals surface area contributed by atoms with Gasteiger partial charge in [0.15, 0.2) is 0 Å². The third kappa shape index (κ3) is 3.31. The minimum atomic E-state index is 0.0442. The number of para-hydroxylation sites is 2. The third-order valence-corrected chi connectivity index (χ3v) is 4.08. The fourth-order valence-electron chi connectivity index (χ4n) is 2.88. The smallest absolute Gasteiger partial charge is 0.227 e. The van der Waals surface area contributed by atoms with E-state index in [9.17, 15) is 4.79 Å². The number of ether oxygens (including phenoxy) is 2. The second-order valence-corrected chi connectivity index (χ2v) is 5.74. The van der Waals surface area contributed by atoms with Crippen LogP contribution in [0.2, 0.25) is 0 Å². The highest BCUT2D eigenvalue weighted by Gasteiger charge is 2.28. The molecule has 0 fully saturated rings. The molecule has 0 bridgehead atoms. The van der Waals surface area contributed by atoms with Crippen molar-refractivity contribution in [1.82, 2.24) is 0 Å². The van der Waals surface area contributed by atoms with E-state index in [1.807, 2.05) is 60.4 Å². The van der Waals surface area contributed by atoms with Gasteiger partial charge in [0.05, 0.1) is 18.8 Å². The zero-order valence-electron chi connectivity index (χ0n) is 13.5. The van der Waals surface area contributed by atoms with Gasteiger partial charge in [-0.05, 0) is 43.2 Å². The highest BCUT2D eigenvalue weighted by Crippen LogP contribution is 2.34. The number of nitrogens with zero attached hydrogens (tertiary/aromatic N) is 1. The van der Waals surface area contributed by atoms with E-state index in [0.717, 1.165) is 22.7 Å². The summed E-state index contributed by atoms with van der Waals surface area (Å²) in [6.07, 6.45) is 1.16. The van der Waals surface area contributed by atoms with Gasteiger partial charge in [0.2, 0.25) is 5.91 Å². The van der Waals surface area contributed by atoms with Crippen molar-refractivity contribution in [3.8, 4) is 11.5 Å². The Balaban J connectivity index is 1.73. The van der Waals surface area contributed by atoms with Crippen molar-refractivity contribution in [2.24, 2.45) is 0 Å². The fourth-order valence-corrected chi connectivity index (χ4v) is 2.88. The van der Waals surface area contributed by atoms with Crippen molar-refractivity contribution in [3.05, 3.63) is 54.1 Å². The van der Waals surface area contributed by atoms with E-state index >= 15 is 0 Å². The highest BCUT2D eigenvalue weighted by molar-refractivity contribution is 5.96. The lowest BCUT2D eigenvalue weighted by Crippen LogP contribution is -2.45. The van der Waals surface area contributed by atoms with Crippen LogP contribution in [-0.2, 0) is 11.2 Å². The van der Waals surface area contributed by atoms with Gasteiger partial charge in [0, 0.05) is 6.42 Å². The van der Waals surface area contributed by atoms with Crippen LogP contribution in [0.1, 0.15) is 18.9 Å². The third-order valence-electron chi connectivity index (χ3n) is 4.08. The van der Waals surface area contributed by atoms with Crippen LogP contribution in [0.5, 0.6) is 11.5 Å². The number of anilines is 1. The predicted molar refractivity (Wildman–Crippen MR) is 90.2 cm³/mol. The molecular weight excluding hydrogens is 290 g/mol. The molecule has 120 valence electrons. The van der Waals surface area contributed by atoms with E-state index in [1.165, 1.54) is 0 Å². The van der Waals surface area contributed by atoms with Gasteiger partial charge in [-0.2, -0.15) is 0 Å². The maximum Gasteiger partial charge on any atom is 0.227 e. The normalized spacial score (nSPS) is 16.4. The first-order valence-corrected chi connectivity index (χ1v) is 7.86. The van der Waals surface area contributed by atoms with Gasteiger partial charge < -0.3 is 14.4 Å². The molecule has 0 N–H and O–H groups in total. The molecule has 1 atom stereocenters. The largest absolute Gasteiger partial charge is 0.497 e. The van der Waals surface area contributed by atoms with Gasteiger partial charge in [-0.25, -0.2) is 0 Å². The lowest BCUT2D eigenvalue weighted by atomic mass is 10.1. The Morgan fingerprint density at radius 3 is 2.91 bits per heavy atom. The van der Waals surface area contributed by atoms with Crippen molar-refractivity contribution in [3.63, 3.8) is 0 Å². The number of rotatable bonds is 4. The second-order valence-electron chi connectivity index (χ2n) is 5.74. The van der Waals surface area contributed by atoms with Crippen LogP contribution in [0, 0.1) is 0 Å². The maximum absolute atomic E-state index is 12.7. The van der Waals surface area contributed by atoms with Gasteiger partial charge in [0.1, 0.15) is 18.1 Å². The number of carbonyl (C=O) groups is 1. The van der Waals surface area contributed by atoms with Crippen LogP contribution in [0.25, 0.3) is 0 Å². The first-order valence-electron chi connectivity index (χ1n) is 7.86. The number of carbonyl (C=O) groups excluding carboxylic acids is 1. The summed E-state index contributed by atoms with van der Waals surface area (Å²) in [5.74, 6) is 1.72. The molecule has 0 saturated heterocycles. The summed E-state index contributed by atoms with van der Waals surface area (Å²) >= 11 is 0. The Hall–Kier alpha value is -2.49. The van der Waals surface area contributed by atoms with Crippen LogP contribution >= 0.6 is 0 Å². The SMILES string of the molecule is COc1cccc(CCC(=O)N2c3ccccc3OCC2C)c1. The Labute approximate surface area is 136 Å². The Morgan fingerprint density at radius 2 is 2.09 bits per heavy atom. The minimum Gasteiger partial charge on any atom is -0.497 e. The summed E-state index contributed by atoms with van der Waals surface area (Å²) in [6, 6.07) is 15.6. The second kappa shape index (κ2) is 6.73. The average molecular weight is 311 g/mol. The molecule has 1 amide bonds. The monoisotopic (exact) mass is 311 g/mol. The lowest BCUT2D eigenvalue weighted by Gasteiger charge is -2.35. The summed E-state index contributed by atoms with van der Waals surface area (Å²) in [4.78, 5) is 14.6. The van der Waals surface area contributed by atoms with E-state index in [1.54, 1.807) is 7.11 Å². The number of fused-ring (bicyclic) bond motifs is 1. The molecule has 0 radical (unpaired) electrons. The molecule has 4 heteroatoms. The summed E-state index contributed by atoms with van der Waals surface area (Å²) in [6.45, 7) is 2.54. The van der Waals surface area contributed by atoms with Crippen LogP contribution in [-0.4, -0.2) is 25.7 Å². The quantitative estimate of drug-likeness (QED) is 0.868. The highest BCUT2D eigenvalue weighted by atomic mass is 16.5. The molecule has 0 aliphatic carbocycles. The maximum atomic E-state index is 12.7. The molecule has 1 aliphatic heterocycles. The van der Waals surface area contributed by atoms with Crippen molar-refractivity contribution in [2.75, 3.05) is 18.6 Å². The van der Waals surface area contributed by atoms with Crippen molar-refractivity contribution < 1.29 is 14.3 Å². The Bertz CT molecular complexity index is 699. The number of aryl methyl sites for hydroxylation is 1. The first kappa shape index (κ1) is 15.4. The minimum absolute atomic E-state index is 0.0442. The van der Waals surface area contributed by atoms with E-state index in [-0.39, 0.29) is 11.9 Å². The lowest BCUT2D eigenvalue weighted by molar-refractivity contribution is -0.119. The van der Waals surface area contributed by atoms with E-state index < -0.39 is 0 Å². The topological polar surface area (TPSA) is 38.8 Å². The van der Waals surface area contributed by atoms with Crippen molar-refractivity contribution in [1.29, 1.82) is 0 Å². The van der Waals surface area contributed by atoms with Gasteiger partial charge in [-0.3, -0.25) is 4.79 Å². The van der Waals surface area contributed by atoms with Crippen molar-refractivity contribution >= 4 is 11.6 Å². The van der Waals surface area contributed by atoms with Gasteiger partial charge >= 0.3 is 0 Å². The molecule has 0 aromatic heterocycles. The van der Waals surface area contributed by atoms with Gasteiger partial charge in [-0.15, -0.1) is 0 Å². The molecule has 0 saturated carbocycles. The predicted octanol–water partition coefficient (Wildman–Crippen LogP) is 3.44. The van der Waals surface area contributed by atoms with Crippen LogP contribution in [0.4, 0.5) is 5.69 Å². The number of benzene rings is 2. The zero-order valence-corrected chi connectivity index (χ0v) is 13.5. The van der Waals surface area contributed by atoms with Crippen LogP contribution in [0.15, 0.2) is 48.5 Å². The molecule has 1 heterocycles. The van der Waals surface area contributed by atoms with Crippen molar-refractivity contribution in [2.45, 2.75) is 25.8 Å². The molecule has 23 heavy (non-hydrogen) atoms. The summed E-state index contributed by atoms with van der Waals surface area (Å²) in [5.41, 5.74) is 1.97. The van der Waals surface area contributed by atoms with E-state index in [4.69, 9.17) is 9.47 Å². The molecule has 4 nitrogen and oxygen atoms in total. The fraction of sp³-hybridized carbons (Fsp3) is 0.316. The molecule has 2 aromatic carbocycles. The molecular formula is C19H21NO3. The average Bonchev–Trinajstić information content (AvgIpc) is 2.59.